The van der Waals surface area contributed by atoms with E-state index in [0.717, 1.165) is 10.6 Å². The first-order valence-corrected chi connectivity index (χ1v) is 5.30. The normalized spacial score (nSPS) is 19.8. The third-order valence-corrected chi connectivity index (χ3v) is 2.45. The molecule has 0 aliphatic carbocycles. The van der Waals surface area contributed by atoms with Crippen molar-refractivity contribution in [1.29, 1.82) is 0 Å². The topological polar surface area (TPSA) is 35.5 Å². The molecule has 1 aromatic rings. The molecule has 0 saturated carbocycles. The van der Waals surface area contributed by atoms with Crippen LogP contribution in [-0.2, 0) is 11.3 Å². The van der Waals surface area contributed by atoms with Gasteiger partial charge in [-0.25, -0.2) is 0 Å². The minimum absolute atomic E-state index is 0.388. The third-order valence-electron chi connectivity index (χ3n) is 2.20. The average molecular weight is 237 g/mol. The zero-order valence-corrected chi connectivity index (χ0v) is 9.30. The molecule has 4 heteroatoms. The molecule has 1 aromatic carbocycles. The Morgan fingerprint density at radius 1 is 1.31 bits per heavy atom. The van der Waals surface area contributed by atoms with Crippen molar-refractivity contribution < 1.29 is 4.74 Å². The Hall–Kier alpha value is -1.29. The highest BCUT2D eigenvalue weighted by Gasteiger charge is 2.10. The fourth-order valence-electron chi connectivity index (χ4n) is 1.37. The second-order valence-corrected chi connectivity index (χ2v) is 3.85. The molecule has 0 bridgehead atoms. The van der Waals surface area contributed by atoms with Crippen molar-refractivity contribution in [2.45, 2.75) is 12.8 Å². The SMILES string of the molecule is [O-]N1C=CC(Cl)=CC1OCc1ccccc1. The summed E-state index contributed by atoms with van der Waals surface area (Å²) in [4.78, 5) is 0. The van der Waals surface area contributed by atoms with E-state index in [2.05, 4.69) is 0 Å². The van der Waals surface area contributed by atoms with Crippen molar-refractivity contribution in [3.05, 3.63) is 64.5 Å². The van der Waals surface area contributed by atoms with Gasteiger partial charge in [0.05, 0.1) is 6.61 Å². The predicted molar refractivity (Wildman–Crippen MR) is 63.3 cm³/mol. The Balaban J connectivity index is 1.93. The van der Waals surface area contributed by atoms with Crippen LogP contribution in [0.4, 0.5) is 0 Å². The smallest absolute Gasteiger partial charge is 0.141 e. The largest absolute Gasteiger partial charge is 0.757 e. The second-order valence-electron chi connectivity index (χ2n) is 3.41. The maximum atomic E-state index is 11.4. The highest BCUT2D eigenvalue weighted by Crippen LogP contribution is 2.17. The van der Waals surface area contributed by atoms with Gasteiger partial charge in [-0.15, -0.1) is 0 Å². The van der Waals surface area contributed by atoms with Crippen LogP contribution in [0.2, 0.25) is 0 Å². The summed E-state index contributed by atoms with van der Waals surface area (Å²) >= 11 is 5.79. The van der Waals surface area contributed by atoms with Gasteiger partial charge in [-0.2, -0.15) is 0 Å². The van der Waals surface area contributed by atoms with E-state index < -0.39 is 6.23 Å². The molecule has 0 amide bonds. The summed E-state index contributed by atoms with van der Waals surface area (Å²) in [6, 6.07) is 9.68. The van der Waals surface area contributed by atoms with Gasteiger partial charge in [0, 0.05) is 5.03 Å². The number of hydrogen-bond donors (Lipinski definition) is 0. The molecule has 84 valence electrons. The summed E-state index contributed by atoms with van der Waals surface area (Å²) in [6.45, 7) is 0.388. The van der Waals surface area contributed by atoms with Gasteiger partial charge in [-0.3, -0.25) is 0 Å². The first-order chi connectivity index (χ1) is 7.75. The van der Waals surface area contributed by atoms with Crippen molar-refractivity contribution in [1.82, 2.24) is 5.06 Å². The van der Waals surface area contributed by atoms with Crippen LogP contribution in [0.3, 0.4) is 0 Å². The van der Waals surface area contributed by atoms with Crippen LogP contribution in [0, 0.1) is 5.21 Å². The molecule has 1 heterocycles. The first-order valence-electron chi connectivity index (χ1n) is 4.92. The molecule has 1 atom stereocenters. The van der Waals surface area contributed by atoms with E-state index in [9.17, 15) is 5.21 Å². The Morgan fingerprint density at radius 2 is 2.06 bits per heavy atom. The highest BCUT2D eigenvalue weighted by atomic mass is 35.5. The monoisotopic (exact) mass is 236 g/mol. The van der Waals surface area contributed by atoms with E-state index in [1.165, 1.54) is 12.3 Å². The summed E-state index contributed by atoms with van der Waals surface area (Å²) < 4.78 is 5.45. The molecule has 0 fully saturated rings. The fourth-order valence-corrected chi connectivity index (χ4v) is 1.54. The summed E-state index contributed by atoms with van der Waals surface area (Å²) in [6.07, 6.45) is 3.84. The standard InChI is InChI=1S/C12H11ClNO2/c13-11-6-7-14(15)12(8-11)16-9-10-4-2-1-3-5-10/h1-8,12H,9H2/q-1. The Kier molecular flexibility index (Phi) is 3.62. The average Bonchev–Trinajstić information content (AvgIpc) is 2.32. The molecule has 0 radical (unpaired) electrons. The zero-order valence-electron chi connectivity index (χ0n) is 8.54. The van der Waals surface area contributed by atoms with Crippen LogP contribution >= 0.6 is 11.6 Å². The van der Waals surface area contributed by atoms with Crippen LogP contribution < -0.4 is 0 Å². The molecule has 16 heavy (non-hydrogen) atoms. The van der Waals surface area contributed by atoms with Crippen LogP contribution in [0.25, 0.3) is 0 Å². The number of benzene rings is 1. The quantitative estimate of drug-likeness (QED) is 0.809. The van der Waals surface area contributed by atoms with Gasteiger partial charge in [0.25, 0.3) is 0 Å². The molecule has 1 aliphatic heterocycles. The van der Waals surface area contributed by atoms with Crippen LogP contribution in [0.15, 0.2) is 53.7 Å². The van der Waals surface area contributed by atoms with Crippen molar-refractivity contribution in [2.75, 3.05) is 0 Å². The Morgan fingerprint density at radius 3 is 2.81 bits per heavy atom. The molecule has 1 aliphatic rings. The molecule has 0 aromatic heterocycles. The van der Waals surface area contributed by atoms with E-state index in [1.807, 2.05) is 30.3 Å². The van der Waals surface area contributed by atoms with E-state index >= 15 is 0 Å². The molecule has 1 unspecified atom stereocenters. The first kappa shape index (κ1) is 11.2. The molecule has 0 spiro atoms. The van der Waals surface area contributed by atoms with Gasteiger partial charge in [-0.1, -0.05) is 41.9 Å². The summed E-state index contributed by atoms with van der Waals surface area (Å²) in [5.74, 6) is 0. The maximum absolute atomic E-state index is 11.4. The second kappa shape index (κ2) is 5.16. The number of halogens is 1. The lowest BCUT2D eigenvalue weighted by Gasteiger charge is -2.35. The Bertz CT molecular complexity index is 403. The van der Waals surface area contributed by atoms with Crippen LogP contribution in [0.5, 0.6) is 0 Å². The molecular formula is C12H11ClNO2-. The van der Waals surface area contributed by atoms with Crippen LogP contribution in [-0.4, -0.2) is 11.3 Å². The number of hydroxylamine groups is 2. The Labute approximate surface area is 99.2 Å². The fraction of sp³-hybridized carbons (Fsp3) is 0.167. The van der Waals surface area contributed by atoms with Gasteiger partial charge in [0.15, 0.2) is 0 Å². The van der Waals surface area contributed by atoms with Gasteiger partial charge < -0.3 is 15.0 Å². The van der Waals surface area contributed by atoms with Crippen molar-refractivity contribution >= 4 is 11.6 Å². The van der Waals surface area contributed by atoms with Gasteiger partial charge in [-0.05, 0) is 23.9 Å². The minimum atomic E-state index is -0.641. The van der Waals surface area contributed by atoms with Gasteiger partial charge in [0.2, 0.25) is 0 Å². The van der Waals surface area contributed by atoms with E-state index in [4.69, 9.17) is 16.3 Å². The third kappa shape index (κ3) is 2.85. The predicted octanol–water partition coefficient (Wildman–Crippen LogP) is 2.98. The van der Waals surface area contributed by atoms with E-state index in [1.54, 1.807) is 6.08 Å². The molecule has 0 N–H and O–H groups in total. The zero-order chi connectivity index (χ0) is 11.4. The van der Waals surface area contributed by atoms with E-state index in [0.29, 0.717) is 11.6 Å². The van der Waals surface area contributed by atoms with Gasteiger partial charge >= 0.3 is 0 Å². The molecule has 3 nitrogen and oxygen atoms in total. The molecule has 2 rings (SSSR count). The van der Waals surface area contributed by atoms with Crippen LogP contribution in [0.1, 0.15) is 5.56 Å². The highest BCUT2D eigenvalue weighted by molar-refractivity contribution is 6.31. The number of allylic oxidation sites excluding steroid dienone is 2. The lowest BCUT2D eigenvalue weighted by molar-refractivity contribution is 0.00407. The van der Waals surface area contributed by atoms with Crippen molar-refractivity contribution in [3.8, 4) is 0 Å². The number of hydrogen-bond acceptors (Lipinski definition) is 3. The lowest BCUT2D eigenvalue weighted by Crippen LogP contribution is -2.28. The summed E-state index contributed by atoms with van der Waals surface area (Å²) in [7, 11) is 0. The number of rotatable bonds is 3. The van der Waals surface area contributed by atoms with Crippen molar-refractivity contribution in [3.63, 3.8) is 0 Å². The van der Waals surface area contributed by atoms with Gasteiger partial charge in [0.1, 0.15) is 6.23 Å². The molecular weight excluding hydrogens is 226 g/mol. The molecule has 0 saturated heterocycles. The summed E-state index contributed by atoms with van der Waals surface area (Å²) in [5.41, 5.74) is 1.02. The maximum Gasteiger partial charge on any atom is 0.141 e. The minimum Gasteiger partial charge on any atom is -0.757 e. The van der Waals surface area contributed by atoms with E-state index in [-0.39, 0.29) is 0 Å². The number of ether oxygens (including phenoxy) is 1. The number of nitrogens with zero attached hydrogens (tertiary/aromatic N) is 1. The lowest BCUT2D eigenvalue weighted by atomic mass is 10.2. The summed E-state index contributed by atoms with van der Waals surface area (Å²) in [5, 5.41) is 12.6. The van der Waals surface area contributed by atoms with Crippen molar-refractivity contribution in [2.24, 2.45) is 0 Å².